The van der Waals surface area contributed by atoms with Gasteiger partial charge in [-0.05, 0) is 48.1 Å². The fourth-order valence-corrected chi connectivity index (χ4v) is 4.33. The van der Waals surface area contributed by atoms with Crippen molar-refractivity contribution < 1.29 is 0 Å². The van der Waals surface area contributed by atoms with E-state index in [1.165, 1.54) is 41.3 Å². The second kappa shape index (κ2) is 4.72. The molecule has 0 radical (unpaired) electrons. The number of fused-ring (bicyclic) bond motifs is 3. The van der Waals surface area contributed by atoms with Crippen molar-refractivity contribution in [2.45, 2.75) is 31.8 Å². The van der Waals surface area contributed by atoms with E-state index in [2.05, 4.69) is 58.4 Å². The summed E-state index contributed by atoms with van der Waals surface area (Å²) in [5.41, 5.74) is 7.24. The van der Waals surface area contributed by atoms with E-state index in [9.17, 15) is 0 Å². The zero-order chi connectivity index (χ0) is 14.5. The summed E-state index contributed by atoms with van der Waals surface area (Å²) in [5, 5.41) is 5.18. The average molecular weight is 288 g/mol. The first kappa shape index (κ1) is 12.5. The highest BCUT2D eigenvalue weighted by molar-refractivity contribution is 5.90. The number of benzene rings is 2. The van der Waals surface area contributed by atoms with Crippen LogP contribution in [0.1, 0.15) is 30.1 Å². The van der Waals surface area contributed by atoms with Gasteiger partial charge >= 0.3 is 0 Å². The van der Waals surface area contributed by atoms with Gasteiger partial charge in [-0.15, -0.1) is 0 Å². The molecule has 2 aliphatic rings. The predicted octanol–water partition coefficient (Wildman–Crippen LogP) is 4.29. The maximum Gasteiger partial charge on any atom is 0.0486 e. The van der Waals surface area contributed by atoms with Gasteiger partial charge in [-0.1, -0.05) is 36.4 Å². The fourth-order valence-electron chi connectivity index (χ4n) is 4.33. The van der Waals surface area contributed by atoms with Crippen molar-refractivity contribution in [3.05, 3.63) is 59.8 Å². The van der Waals surface area contributed by atoms with Crippen LogP contribution < -0.4 is 5.32 Å². The first-order valence-electron chi connectivity index (χ1n) is 8.35. The van der Waals surface area contributed by atoms with Gasteiger partial charge in [0.25, 0.3) is 0 Å². The second-order valence-electron chi connectivity index (χ2n) is 6.51. The molecule has 0 spiro atoms. The van der Waals surface area contributed by atoms with E-state index in [-0.39, 0.29) is 0 Å². The molecule has 0 amide bonds. The van der Waals surface area contributed by atoms with Crippen molar-refractivity contribution in [3.63, 3.8) is 0 Å². The van der Waals surface area contributed by atoms with Crippen molar-refractivity contribution in [3.8, 4) is 11.1 Å². The summed E-state index contributed by atoms with van der Waals surface area (Å²) >= 11 is 0. The maximum atomic E-state index is 3.70. The molecule has 2 heteroatoms. The Bertz CT molecular complexity index is 843. The molecule has 0 fully saturated rings. The Balaban J connectivity index is 1.77. The molecule has 2 heterocycles. The van der Waals surface area contributed by atoms with Crippen molar-refractivity contribution in [2.75, 3.05) is 6.54 Å². The van der Waals surface area contributed by atoms with Gasteiger partial charge in [0.05, 0.1) is 0 Å². The molecule has 2 nitrogen and oxygen atoms in total. The van der Waals surface area contributed by atoms with Crippen molar-refractivity contribution in [2.24, 2.45) is 0 Å². The van der Waals surface area contributed by atoms with E-state index >= 15 is 0 Å². The van der Waals surface area contributed by atoms with Gasteiger partial charge < -0.3 is 9.88 Å². The lowest BCUT2D eigenvalue weighted by Gasteiger charge is -2.31. The van der Waals surface area contributed by atoms with Crippen LogP contribution in [0.25, 0.3) is 22.0 Å². The van der Waals surface area contributed by atoms with Crippen LogP contribution in [0.4, 0.5) is 0 Å². The van der Waals surface area contributed by atoms with Crippen molar-refractivity contribution >= 4 is 10.9 Å². The number of hydrogen-bond donors (Lipinski definition) is 1. The third-order valence-corrected chi connectivity index (χ3v) is 5.30. The minimum Gasteiger partial charge on any atom is -0.342 e. The Morgan fingerprint density at radius 2 is 1.91 bits per heavy atom. The van der Waals surface area contributed by atoms with E-state index in [4.69, 9.17) is 0 Å². The van der Waals surface area contributed by atoms with Crippen LogP contribution in [-0.2, 0) is 13.0 Å². The van der Waals surface area contributed by atoms with Crippen LogP contribution >= 0.6 is 0 Å². The lowest BCUT2D eigenvalue weighted by atomic mass is 9.90. The normalized spacial score (nSPS) is 20.1. The molecule has 0 bridgehead atoms. The van der Waals surface area contributed by atoms with Gasteiger partial charge in [-0.3, -0.25) is 0 Å². The van der Waals surface area contributed by atoms with Gasteiger partial charge in [-0.25, -0.2) is 0 Å². The smallest absolute Gasteiger partial charge is 0.0486 e. The summed E-state index contributed by atoms with van der Waals surface area (Å²) in [6, 6.07) is 18.3. The molecular weight excluding hydrogens is 268 g/mol. The Kier molecular flexibility index (Phi) is 2.68. The molecule has 0 saturated heterocycles. The van der Waals surface area contributed by atoms with E-state index in [0.29, 0.717) is 6.04 Å². The summed E-state index contributed by atoms with van der Waals surface area (Å²) in [6.45, 7) is 2.20. The Morgan fingerprint density at radius 3 is 2.82 bits per heavy atom. The van der Waals surface area contributed by atoms with Gasteiger partial charge in [0.15, 0.2) is 0 Å². The zero-order valence-corrected chi connectivity index (χ0v) is 12.7. The molecule has 1 unspecified atom stereocenters. The lowest BCUT2D eigenvalue weighted by Crippen LogP contribution is -2.35. The number of nitrogens with one attached hydrogen (secondary N) is 1. The van der Waals surface area contributed by atoms with Gasteiger partial charge in [0.1, 0.15) is 0 Å². The van der Waals surface area contributed by atoms with Crippen LogP contribution in [-0.4, -0.2) is 11.1 Å². The molecule has 1 N–H and O–H groups in total. The first-order chi connectivity index (χ1) is 10.9. The molecule has 22 heavy (non-hydrogen) atoms. The first-order valence-corrected chi connectivity index (χ1v) is 8.35. The molecule has 5 rings (SSSR count). The number of rotatable bonds is 1. The summed E-state index contributed by atoms with van der Waals surface area (Å²) in [4.78, 5) is 0. The van der Waals surface area contributed by atoms with Crippen LogP contribution in [0.2, 0.25) is 0 Å². The molecule has 2 aromatic carbocycles. The summed E-state index contributed by atoms with van der Waals surface area (Å²) in [6.07, 6.45) is 3.82. The number of aryl methyl sites for hydroxylation is 1. The predicted molar refractivity (Wildman–Crippen MR) is 91.1 cm³/mol. The minimum atomic E-state index is 0.574. The third-order valence-electron chi connectivity index (χ3n) is 5.30. The Labute approximate surface area is 130 Å². The molecule has 1 aromatic heterocycles. The molecule has 1 atom stereocenters. The largest absolute Gasteiger partial charge is 0.342 e. The third kappa shape index (κ3) is 1.71. The van der Waals surface area contributed by atoms with E-state index in [1.807, 2.05) is 0 Å². The number of hydrogen-bond acceptors (Lipinski definition) is 1. The van der Waals surface area contributed by atoms with Crippen LogP contribution in [0.3, 0.4) is 0 Å². The zero-order valence-electron chi connectivity index (χ0n) is 12.7. The molecule has 1 aliphatic heterocycles. The summed E-state index contributed by atoms with van der Waals surface area (Å²) in [7, 11) is 0. The molecule has 1 aliphatic carbocycles. The Hall–Kier alpha value is -2.06. The van der Waals surface area contributed by atoms with E-state index in [0.717, 1.165) is 13.1 Å². The van der Waals surface area contributed by atoms with Crippen LogP contribution in [0.15, 0.2) is 48.5 Å². The molecule has 0 saturated carbocycles. The monoisotopic (exact) mass is 288 g/mol. The maximum absolute atomic E-state index is 3.70. The summed E-state index contributed by atoms with van der Waals surface area (Å²) < 4.78 is 2.57. The van der Waals surface area contributed by atoms with Crippen molar-refractivity contribution in [1.29, 1.82) is 0 Å². The number of nitrogens with zero attached hydrogens (tertiary/aromatic N) is 1. The Morgan fingerprint density at radius 1 is 1.00 bits per heavy atom. The molecule has 110 valence electrons. The van der Waals surface area contributed by atoms with E-state index < -0.39 is 0 Å². The minimum absolute atomic E-state index is 0.574. The summed E-state index contributed by atoms with van der Waals surface area (Å²) in [5.74, 6) is 0. The average Bonchev–Trinajstić information content (AvgIpc) is 2.92. The van der Waals surface area contributed by atoms with E-state index in [1.54, 1.807) is 11.3 Å². The van der Waals surface area contributed by atoms with Gasteiger partial charge in [0, 0.05) is 35.7 Å². The van der Waals surface area contributed by atoms with Crippen molar-refractivity contribution in [1.82, 2.24) is 9.88 Å². The molecule has 3 aromatic rings. The second-order valence-corrected chi connectivity index (χ2v) is 6.51. The fraction of sp³-hybridized carbons (Fsp3) is 0.300. The quantitative estimate of drug-likeness (QED) is 0.707. The van der Waals surface area contributed by atoms with Gasteiger partial charge in [-0.2, -0.15) is 0 Å². The highest BCUT2D eigenvalue weighted by atomic mass is 15.1. The lowest BCUT2D eigenvalue weighted by molar-refractivity contribution is 0.384. The number of aromatic nitrogens is 1. The highest BCUT2D eigenvalue weighted by Gasteiger charge is 2.29. The standard InChI is InChI=1S/C20H20N2/c1-2-5-14(6-3-1)15-9-10-19-17(13-15)16-7-4-8-18-20(16)22(19)12-11-21-18/h1-3,5-6,9-10,13,18,21H,4,7-8,11-12H2. The molecular formula is C20H20N2. The van der Waals surface area contributed by atoms with Gasteiger partial charge in [0.2, 0.25) is 0 Å². The van der Waals surface area contributed by atoms with Crippen LogP contribution in [0.5, 0.6) is 0 Å². The van der Waals surface area contributed by atoms with Crippen LogP contribution in [0, 0.1) is 0 Å². The SMILES string of the molecule is c1ccc(-c2ccc3c(c2)c2c4n3CCNC4CCC2)cc1. The highest BCUT2D eigenvalue weighted by Crippen LogP contribution is 2.40. The topological polar surface area (TPSA) is 17.0 Å².